The van der Waals surface area contributed by atoms with E-state index in [1.807, 2.05) is 0 Å². The lowest BCUT2D eigenvalue weighted by Gasteiger charge is -2.29. The maximum absolute atomic E-state index is 12.0. The summed E-state index contributed by atoms with van der Waals surface area (Å²) in [7, 11) is 0. The fourth-order valence-corrected chi connectivity index (χ4v) is 2.14. The first-order chi connectivity index (χ1) is 8.02. The summed E-state index contributed by atoms with van der Waals surface area (Å²) in [6.07, 6.45) is 2.22. The molecule has 0 radical (unpaired) electrons. The second-order valence-electron chi connectivity index (χ2n) is 5.43. The summed E-state index contributed by atoms with van der Waals surface area (Å²) >= 11 is 0. The third-order valence-corrected chi connectivity index (χ3v) is 3.50. The lowest BCUT2D eigenvalue weighted by atomic mass is 10.00. The van der Waals surface area contributed by atoms with Crippen LogP contribution in [0, 0.1) is 5.92 Å². The van der Waals surface area contributed by atoms with Crippen molar-refractivity contribution in [3.63, 3.8) is 0 Å². The van der Waals surface area contributed by atoms with Gasteiger partial charge in [-0.25, -0.2) is 0 Å². The minimum atomic E-state index is -0.0782. The van der Waals surface area contributed by atoms with Gasteiger partial charge in [0.15, 0.2) is 0 Å². The van der Waals surface area contributed by atoms with E-state index in [9.17, 15) is 4.79 Å². The molecule has 17 heavy (non-hydrogen) atoms. The average molecular weight is 241 g/mol. The van der Waals surface area contributed by atoms with Crippen LogP contribution >= 0.6 is 0 Å². The molecule has 1 rings (SSSR count). The van der Waals surface area contributed by atoms with Crippen molar-refractivity contribution in [2.75, 3.05) is 13.1 Å². The van der Waals surface area contributed by atoms with E-state index in [4.69, 9.17) is 0 Å². The highest BCUT2D eigenvalue weighted by molar-refractivity contribution is 5.82. The van der Waals surface area contributed by atoms with Crippen LogP contribution in [0.25, 0.3) is 0 Å². The Hall–Kier alpha value is -0.610. The van der Waals surface area contributed by atoms with Gasteiger partial charge in [-0.15, -0.1) is 0 Å². The van der Waals surface area contributed by atoms with Crippen LogP contribution in [0.1, 0.15) is 40.5 Å². The molecule has 0 aromatic carbocycles. The molecule has 0 spiro atoms. The quantitative estimate of drug-likeness (QED) is 0.670. The Bertz CT molecular complexity index is 237. The van der Waals surface area contributed by atoms with Crippen molar-refractivity contribution >= 4 is 5.91 Å². The van der Waals surface area contributed by atoms with E-state index < -0.39 is 0 Å². The third-order valence-electron chi connectivity index (χ3n) is 3.50. The van der Waals surface area contributed by atoms with Crippen LogP contribution in [0.2, 0.25) is 0 Å². The van der Waals surface area contributed by atoms with Crippen LogP contribution in [-0.4, -0.2) is 37.1 Å². The summed E-state index contributed by atoms with van der Waals surface area (Å²) in [5, 5.41) is 9.67. The smallest absolute Gasteiger partial charge is 0.238 e. The van der Waals surface area contributed by atoms with Crippen LogP contribution in [0.4, 0.5) is 0 Å². The number of hydrogen-bond donors (Lipinski definition) is 3. The van der Waals surface area contributed by atoms with Gasteiger partial charge >= 0.3 is 0 Å². The van der Waals surface area contributed by atoms with Crippen molar-refractivity contribution in [1.82, 2.24) is 16.0 Å². The molecule has 1 aliphatic heterocycles. The molecule has 1 amide bonds. The predicted octanol–water partition coefficient (Wildman–Crippen LogP) is 0.877. The molecule has 4 heteroatoms. The summed E-state index contributed by atoms with van der Waals surface area (Å²) in [4.78, 5) is 12.0. The molecule has 100 valence electrons. The predicted molar refractivity (Wildman–Crippen MR) is 70.9 cm³/mol. The molecule has 0 aromatic rings. The van der Waals surface area contributed by atoms with Gasteiger partial charge in [-0.05, 0) is 26.2 Å². The topological polar surface area (TPSA) is 53.2 Å². The standard InChI is InChI=1S/C13H27N3O/c1-5-9(2)6-10(3)16-13(17)12-8-14-11(4)7-15-12/h9-12,14-15H,5-8H2,1-4H3,(H,16,17). The van der Waals surface area contributed by atoms with Crippen LogP contribution in [0.15, 0.2) is 0 Å². The van der Waals surface area contributed by atoms with Gasteiger partial charge in [0.25, 0.3) is 0 Å². The molecule has 1 aliphatic rings. The number of amides is 1. The van der Waals surface area contributed by atoms with Crippen molar-refractivity contribution in [2.24, 2.45) is 5.92 Å². The molecule has 0 bridgehead atoms. The third kappa shape index (κ3) is 5.04. The minimum absolute atomic E-state index is 0.0782. The van der Waals surface area contributed by atoms with Gasteiger partial charge < -0.3 is 16.0 Å². The molecule has 3 N–H and O–H groups in total. The molecule has 1 saturated heterocycles. The van der Waals surface area contributed by atoms with E-state index >= 15 is 0 Å². The number of piperazine rings is 1. The highest BCUT2D eigenvalue weighted by Gasteiger charge is 2.24. The van der Waals surface area contributed by atoms with Crippen LogP contribution in [0.5, 0.6) is 0 Å². The van der Waals surface area contributed by atoms with Gasteiger partial charge in [0, 0.05) is 25.2 Å². The fourth-order valence-electron chi connectivity index (χ4n) is 2.14. The fraction of sp³-hybridized carbons (Fsp3) is 0.923. The van der Waals surface area contributed by atoms with Gasteiger partial charge in [-0.1, -0.05) is 20.3 Å². The Kier molecular flexibility index (Phi) is 5.92. The zero-order valence-electron chi connectivity index (χ0n) is 11.5. The van der Waals surface area contributed by atoms with E-state index in [0.717, 1.165) is 19.5 Å². The van der Waals surface area contributed by atoms with Crippen LogP contribution < -0.4 is 16.0 Å². The minimum Gasteiger partial charge on any atom is -0.352 e. The maximum Gasteiger partial charge on any atom is 0.238 e. The van der Waals surface area contributed by atoms with Crippen molar-refractivity contribution in [2.45, 2.75) is 58.7 Å². The summed E-state index contributed by atoms with van der Waals surface area (Å²) in [5.74, 6) is 0.794. The molecule has 0 aromatic heterocycles. The highest BCUT2D eigenvalue weighted by Crippen LogP contribution is 2.09. The zero-order valence-corrected chi connectivity index (χ0v) is 11.5. The first-order valence-corrected chi connectivity index (χ1v) is 6.80. The molecule has 0 aliphatic carbocycles. The van der Waals surface area contributed by atoms with Crippen LogP contribution in [0.3, 0.4) is 0 Å². The largest absolute Gasteiger partial charge is 0.352 e. The van der Waals surface area contributed by atoms with Gasteiger partial charge in [0.1, 0.15) is 0 Å². The number of carbonyl (C=O) groups excluding carboxylic acids is 1. The Balaban J connectivity index is 2.28. The Morgan fingerprint density at radius 2 is 2.06 bits per heavy atom. The molecular formula is C13H27N3O. The first-order valence-electron chi connectivity index (χ1n) is 6.80. The monoisotopic (exact) mass is 241 g/mol. The van der Waals surface area contributed by atoms with E-state index in [1.165, 1.54) is 6.42 Å². The van der Waals surface area contributed by atoms with E-state index in [2.05, 4.69) is 43.6 Å². The normalized spacial score (nSPS) is 28.5. The van der Waals surface area contributed by atoms with Crippen molar-refractivity contribution in [3.05, 3.63) is 0 Å². The summed E-state index contributed by atoms with van der Waals surface area (Å²) < 4.78 is 0. The summed E-state index contributed by atoms with van der Waals surface area (Å²) in [5.41, 5.74) is 0. The van der Waals surface area contributed by atoms with E-state index in [0.29, 0.717) is 12.0 Å². The lowest BCUT2D eigenvalue weighted by Crippen LogP contribution is -2.59. The molecule has 1 heterocycles. The Morgan fingerprint density at radius 3 is 2.59 bits per heavy atom. The average Bonchev–Trinajstić information content (AvgIpc) is 2.29. The molecule has 4 nitrogen and oxygen atoms in total. The van der Waals surface area contributed by atoms with E-state index in [1.54, 1.807) is 0 Å². The van der Waals surface area contributed by atoms with Crippen molar-refractivity contribution in [1.29, 1.82) is 0 Å². The number of rotatable bonds is 5. The summed E-state index contributed by atoms with van der Waals surface area (Å²) in [6, 6.07) is 0.640. The molecular weight excluding hydrogens is 214 g/mol. The Morgan fingerprint density at radius 1 is 1.35 bits per heavy atom. The lowest BCUT2D eigenvalue weighted by molar-refractivity contribution is -0.124. The molecule has 4 atom stereocenters. The zero-order chi connectivity index (χ0) is 12.8. The van der Waals surface area contributed by atoms with Crippen molar-refractivity contribution < 1.29 is 4.79 Å². The number of carbonyl (C=O) groups is 1. The van der Waals surface area contributed by atoms with Crippen LogP contribution in [-0.2, 0) is 4.79 Å². The maximum atomic E-state index is 12.0. The second kappa shape index (κ2) is 6.97. The second-order valence-corrected chi connectivity index (χ2v) is 5.43. The molecule has 4 unspecified atom stereocenters. The number of nitrogens with one attached hydrogen (secondary N) is 3. The van der Waals surface area contributed by atoms with Crippen molar-refractivity contribution in [3.8, 4) is 0 Å². The van der Waals surface area contributed by atoms with Gasteiger partial charge in [0.2, 0.25) is 5.91 Å². The SMILES string of the molecule is CCC(C)CC(C)NC(=O)C1CNC(C)CN1. The van der Waals surface area contributed by atoms with Gasteiger partial charge in [-0.3, -0.25) is 4.79 Å². The van der Waals surface area contributed by atoms with Gasteiger partial charge in [0.05, 0.1) is 6.04 Å². The number of hydrogen-bond acceptors (Lipinski definition) is 3. The molecule has 1 fully saturated rings. The Labute approximate surface area is 105 Å². The van der Waals surface area contributed by atoms with Gasteiger partial charge in [-0.2, -0.15) is 0 Å². The molecule has 0 saturated carbocycles. The summed E-state index contributed by atoms with van der Waals surface area (Å²) in [6.45, 7) is 10.2. The van der Waals surface area contributed by atoms with E-state index in [-0.39, 0.29) is 18.0 Å². The highest BCUT2D eigenvalue weighted by atomic mass is 16.2. The first kappa shape index (κ1) is 14.5.